The highest BCUT2D eigenvalue weighted by atomic mass is 16.1. The Bertz CT molecular complexity index is 925. The largest absolute Gasteiger partial charge is 0.325 e. The van der Waals surface area contributed by atoms with Gasteiger partial charge in [0.25, 0.3) is 0 Å². The number of rotatable bonds is 3. The summed E-state index contributed by atoms with van der Waals surface area (Å²) in [6.45, 7) is 2.24. The van der Waals surface area contributed by atoms with Crippen molar-refractivity contribution in [3.8, 4) is 11.3 Å². The molecule has 2 aromatic rings. The van der Waals surface area contributed by atoms with Crippen molar-refractivity contribution in [3.05, 3.63) is 42.4 Å². The number of fused-ring (bicyclic) bond motifs is 3. The monoisotopic (exact) mass is 361 g/mol. The molecule has 3 atom stereocenters. The number of carbonyl (C=O) groups is 1. The summed E-state index contributed by atoms with van der Waals surface area (Å²) < 4.78 is 2.20. The molecule has 2 N–H and O–H groups in total. The molecule has 27 heavy (non-hydrogen) atoms. The molecule has 7 rings (SSSR count). The second-order valence-corrected chi connectivity index (χ2v) is 9.91. The van der Waals surface area contributed by atoms with Gasteiger partial charge in [-0.25, -0.2) is 4.98 Å². The number of ketones is 1. The molecular formula is C23H27N3O. The summed E-state index contributed by atoms with van der Waals surface area (Å²) >= 11 is 0. The molecule has 4 fully saturated rings. The zero-order chi connectivity index (χ0) is 18.4. The van der Waals surface area contributed by atoms with Crippen LogP contribution < -0.4 is 5.73 Å². The summed E-state index contributed by atoms with van der Waals surface area (Å²) in [7, 11) is 0. The molecule has 2 heterocycles. The number of nitrogens with two attached hydrogens (primary N) is 1. The van der Waals surface area contributed by atoms with E-state index in [1.807, 2.05) is 12.5 Å². The van der Waals surface area contributed by atoms with Gasteiger partial charge < -0.3 is 10.3 Å². The van der Waals surface area contributed by atoms with Crippen LogP contribution in [0.2, 0.25) is 0 Å². The number of benzene rings is 1. The summed E-state index contributed by atoms with van der Waals surface area (Å²) in [5.41, 5.74) is 10.2. The van der Waals surface area contributed by atoms with Gasteiger partial charge in [0.15, 0.2) is 0 Å². The van der Waals surface area contributed by atoms with Crippen molar-refractivity contribution in [1.82, 2.24) is 9.55 Å². The third kappa shape index (κ3) is 2.02. The van der Waals surface area contributed by atoms with E-state index in [4.69, 9.17) is 5.73 Å². The van der Waals surface area contributed by atoms with Gasteiger partial charge in [-0.3, -0.25) is 4.79 Å². The Morgan fingerprint density at radius 1 is 1.22 bits per heavy atom. The van der Waals surface area contributed by atoms with Gasteiger partial charge in [0, 0.05) is 22.9 Å². The smallest absolute Gasteiger partial charge is 0.141 e. The topological polar surface area (TPSA) is 60.9 Å². The molecule has 4 heteroatoms. The van der Waals surface area contributed by atoms with Crippen LogP contribution in [-0.4, -0.2) is 20.9 Å². The van der Waals surface area contributed by atoms with Gasteiger partial charge in [0.05, 0.1) is 24.3 Å². The van der Waals surface area contributed by atoms with Gasteiger partial charge in [-0.05, 0) is 62.3 Å². The van der Waals surface area contributed by atoms with E-state index in [9.17, 15) is 4.79 Å². The Balaban J connectivity index is 1.34. The Morgan fingerprint density at radius 2 is 1.96 bits per heavy atom. The number of aromatic nitrogens is 2. The zero-order valence-electron chi connectivity index (χ0n) is 15.9. The summed E-state index contributed by atoms with van der Waals surface area (Å²) in [6, 6.07) is 8.58. The van der Waals surface area contributed by atoms with Gasteiger partial charge in [-0.15, -0.1) is 0 Å². The predicted octanol–water partition coefficient (Wildman–Crippen LogP) is 3.96. The SMILES string of the molecule is CC1(N)C2CC3CC1CC(C(=O)CC1c4ccccc4-c4cncn41)(C3)C2. The Kier molecular flexibility index (Phi) is 3.04. The second-order valence-electron chi connectivity index (χ2n) is 9.91. The molecule has 5 aliphatic rings. The predicted molar refractivity (Wildman–Crippen MR) is 104 cm³/mol. The molecule has 4 saturated carbocycles. The van der Waals surface area contributed by atoms with E-state index in [0.717, 1.165) is 25.0 Å². The van der Waals surface area contributed by atoms with E-state index in [-0.39, 0.29) is 17.0 Å². The van der Waals surface area contributed by atoms with Crippen molar-refractivity contribution >= 4 is 5.78 Å². The van der Waals surface area contributed by atoms with E-state index in [2.05, 4.69) is 40.7 Å². The van der Waals surface area contributed by atoms with Crippen LogP contribution in [0.5, 0.6) is 0 Å². The van der Waals surface area contributed by atoms with Gasteiger partial charge in [0.2, 0.25) is 0 Å². The molecule has 0 spiro atoms. The maximum atomic E-state index is 13.7. The Hall–Kier alpha value is -1.94. The van der Waals surface area contributed by atoms with Crippen LogP contribution in [0.4, 0.5) is 0 Å². The first-order chi connectivity index (χ1) is 13.0. The number of Topliss-reactive ketones (excluding diaryl/α,β-unsaturated/α-hetero) is 1. The van der Waals surface area contributed by atoms with E-state index in [0.29, 0.717) is 30.0 Å². The molecule has 0 amide bonds. The Morgan fingerprint density at radius 3 is 2.74 bits per heavy atom. The fraction of sp³-hybridized carbons (Fsp3) is 0.565. The summed E-state index contributed by atoms with van der Waals surface area (Å²) in [6.07, 6.45) is 9.99. The molecule has 1 aliphatic heterocycles. The highest BCUT2D eigenvalue weighted by Gasteiger charge is 2.61. The number of imidazole rings is 1. The van der Waals surface area contributed by atoms with Crippen molar-refractivity contribution in [3.63, 3.8) is 0 Å². The minimum atomic E-state index is -0.117. The van der Waals surface area contributed by atoms with Gasteiger partial charge in [-0.1, -0.05) is 24.3 Å². The van der Waals surface area contributed by atoms with E-state index >= 15 is 0 Å². The quantitative estimate of drug-likeness (QED) is 0.900. The normalized spacial score (nSPS) is 40.8. The fourth-order valence-corrected chi connectivity index (χ4v) is 7.14. The van der Waals surface area contributed by atoms with Crippen LogP contribution >= 0.6 is 0 Å². The zero-order valence-corrected chi connectivity index (χ0v) is 15.9. The van der Waals surface area contributed by atoms with E-state index in [1.54, 1.807) is 0 Å². The van der Waals surface area contributed by atoms with Crippen LogP contribution in [0.15, 0.2) is 36.8 Å². The third-order valence-corrected chi connectivity index (χ3v) is 8.52. The minimum absolute atomic E-state index is 0.0713. The lowest BCUT2D eigenvalue weighted by Crippen LogP contribution is -2.65. The lowest BCUT2D eigenvalue weighted by molar-refractivity contribution is -0.152. The van der Waals surface area contributed by atoms with Crippen LogP contribution in [0.25, 0.3) is 11.3 Å². The molecule has 4 aliphatic carbocycles. The molecule has 4 bridgehead atoms. The third-order valence-electron chi connectivity index (χ3n) is 8.52. The first-order valence-electron chi connectivity index (χ1n) is 10.4. The fourth-order valence-electron chi connectivity index (χ4n) is 7.14. The molecule has 1 aromatic heterocycles. The number of carbonyl (C=O) groups excluding carboxylic acids is 1. The first kappa shape index (κ1) is 16.1. The van der Waals surface area contributed by atoms with Crippen LogP contribution in [0.1, 0.15) is 57.1 Å². The molecule has 0 saturated heterocycles. The minimum Gasteiger partial charge on any atom is -0.325 e. The van der Waals surface area contributed by atoms with E-state index in [1.165, 1.54) is 24.0 Å². The van der Waals surface area contributed by atoms with Crippen molar-refractivity contribution < 1.29 is 4.79 Å². The highest BCUT2D eigenvalue weighted by molar-refractivity contribution is 5.87. The number of hydrogen-bond donors (Lipinski definition) is 1. The molecule has 0 radical (unpaired) electrons. The molecule has 140 valence electrons. The van der Waals surface area contributed by atoms with Crippen LogP contribution in [0, 0.1) is 23.2 Å². The molecule has 4 nitrogen and oxygen atoms in total. The van der Waals surface area contributed by atoms with Gasteiger partial charge in [-0.2, -0.15) is 0 Å². The Labute approximate surface area is 160 Å². The summed E-state index contributed by atoms with van der Waals surface area (Å²) in [4.78, 5) is 18.1. The summed E-state index contributed by atoms with van der Waals surface area (Å²) in [5.74, 6) is 2.22. The van der Waals surface area contributed by atoms with Crippen LogP contribution in [-0.2, 0) is 4.79 Å². The van der Waals surface area contributed by atoms with Crippen LogP contribution in [0.3, 0.4) is 0 Å². The standard InChI is InChI=1S/C23H27N3O/c1-22(24)15-6-14-7-16(22)11-23(9-14,10-15)21(27)8-19-17-4-2-3-5-18(17)20-12-25-13-26(19)20/h2-5,12-16,19H,6-11,24H2,1H3. The van der Waals surface area contributed by atoms with Crippen molar-refractivity contribution in [2.45, 2.75) is 57.0 Å². The maximum Gasteiger partial charge on any atom is 0.141 e. The number of nitrogens with zero attached hydrogens (tertiary/aromatic N) is 2. The molecule has 1 aromatic carbocycles. The summed E-state index contributed by atoms with van der Waals surface area (Å²) in [5, 5.41) is 0. The average Bonchev–Trinajstić information content (AvgIpc) is 3.22. The first-order valence-corrected chi connectivity index (χ1v) is 10.4. The number of hydrogen-bond acceptors (Lipinski definition) is 3. The van der Waals surface area contributed by atoms with Crippen molar-refractivity contribution in [2.75, 3.05) is 0 Å². The average molecular weight is 361 g/mol. The highest BCUT2D eigenvalue weighted by Crippen LogP contribution is 2.63. The van der Waals surface area contributed by atoms with Crippen molar-refractivity contribution in [1.29, 1.82) is 0 Å². The lowest BCUT2D eigenvalue weighted by Gasteiger charge is -2.63. The maximum absolute atomic E-state index is 13.7. The van der Waals surface area contributed by atoms with Gasteiger partial charge >= 0.3 is 0 Å². The van der Waals surface area contributed by atoms with Gasteiger partial charge in [0.1, 0.15) is 5.78 Å². The lowest BCUT2D eigenvalue weighted by atomic mass is 9.43. The van der Waals surface area contributed by atoms with Crippen molar-refractivity contribution in [2.24, 2.45) is 28.9 Å². The second kappa shape index (κ2) is 5.11. The molecule has 3 unspecified atom stereocenters. The molecular weight excluding hydrogens is 334 g/mol. The van der Waals surface area contributed by atoms with E-state index < -0.39 is 0 Å².